The monoisotopic (exact) mass is 371 g/mol. The number of nitrogens with zero attached hydrogens (tertiary/aromatic N) is 4. The Morgan fingerprint density at radius 3 is 2.89 bits per heavy atom. The molecular formula is C19H22FN5O2. The number of aromatic nitrogens is 4. The van der Waals surface area contributed by atoms with Gasteiger partial charge in [0.15, 0.2) is 5.82 Å². The lowest BCUT2D eigenvalue weighted by Gasteiger charge is -2.31. The molecule has 3 aromatic rings. The van der Waals surface area contributed by atoms with E-state index in [0.29, 0.717) is 41.8 Å². The van der Waals surface area contributed by atoms with Crippen LogP contribution < -0.4 is 0 Å². The van der Waals surface area contributed by atoms with Gasteiger partial charge in [0.25, 0.3) is 0 Å². The SMILES string of the molecule is Cc1noc(CC2CCN(C(=O)CCc3nc4ccc(F)cc4[nH]3)CC2)n1. The predicted molar refractivity (Wildman–Crippen MR) is 96.4 cm³/mol. The van der Waals surface area contributed by atoms with E-state index in [0.717, 1.165) is 37.9 Å². The van der Waals surface area contributed by atoms with Crippen LogP contribution in [-0.2, 0) is 17.6 Å². The molecule has 0 radical (unpaired) electrons. The fourth-order valence-electron chi connectivity index (χ4n) is 3.59. The molecule has 142 valence electrons. The first-order chi connectivity index (χ1) is 13.1. The summed E-state index contributed by atoms with van der Waals surface area (Å²) in [6, 6.07) is 4.45. The summed E-state index contributed by atoms with van der Waals surface area (Å²) in [6.07, 6.45) is 3.58. The largest absolute Gasteiger partial charge is 0.343 e. The number of imidazole rings is 1. The minimum Gasteiger partial charge on any atom is -0.343 e. The van der Waals surface area contributed by atoms with Crippen molar-refractivity contribution in [2.45, 2.75) is 39.0 Å². The molecule has 1 N–H and O–H groups in total. The third-order valence-corrected chi connectivity index (χ3v) is 5.07. The van der Waals surface area contributed by atoms with Gasteiger partial charge < -0.3 is 14.4 Å². The van der Waals surface area contributed by atoms with E-state index in [9.17, 15) is 9.18 Å². The van der Waals surface area contributed by atoms with Crippen molar-refractivity contribution in [3.8, 4) is 0 Å². The summed E-state index contributed by atoms with van der Waals surface area (Å²) >= 11 is 0. The third-order valence-electron chi connectivity index (χ3n) is 5.07. The van der Waals surface area contributed by atoms with Crippen molar-refractivity contribution < 1.29 is 13.7 Å². The fraction of sp³-hybridized carbons (Fsp3) is 0.474. The number of likely N-dealkylation sites (tertiary alicyclic amines) is 1. The molecule has 1 aromatic carbocycles. The number of hydrogen-bond acceptors (Lipinski definition) is 5. The first-order valence-electron chi connectivity index (χ1n) is 9.28. The summed E-state index contributed by atoms with van der Waals surface area (Å²) in [5, 5.41) is 3.82. The maximum absolute atomic E-state index is 13.3. The van der Waals surface area contributed by atoms with Crippen molar-refractivity contribution in [1.82, 2.24) is 25.0 Å². The molecule has 0 atom stereocenters. The Labute approximate surface area is 156 Å². The lowest BCUT2D eigenvalue weighted by Crippen LogP contribution is -2.39. The van der Waals surface area contributed by atoms with Crippen LogP contribution in [0.3, 0.4) is 0 Å². The average Bonchev–Trinajstić information content (AvgIpc) is 3.25. The second-order valence-corrected chi connectivity index (χ2v) is 7.11. The number of piperidine rings is 1. The summed E-state index contributed by atoms with van der Waals surface area (Å²) in [4.78, 5) is 26.2. The number of aromatic amines is 1. The number of H-pyrrole nitrogens is 1. The molecule has 0 bridgehead atoms. The van der Waals surface area contributed by atoms with E-state index in [1.54, 1.807) is 6.07 Å². The van der Waals surface area contributed by atoms with Crippen LogP contribution in [0.5, 0.6) is 0 Å². The zero-order chi connectivity index (χ0) is 18.8. The van der Waals surface area contributed by atoms with Crippen LogP contribution in [0.25, 0.3) is 11.0 Å². The number of benzene rings is 1. The predicted octanol–water partition coefficient (Wildman–Crippen LogP) is 2.81. The molecule has 0 saturated carbocycles. The molecule has 0 spiro atoms. The van der Waals surface area contributed by atoms with Gasteiger partial charge in [-0.15, -0.1) is 0 Å². The summed E-state index contributed by atoms with van der Waals surface area (Å²) in [6.45, 7) is 3.32. The average molecular weight is 371 g/mol. The quantitative estimate of drug-likeness (QED) is 0.745. The Morgan fingerprint density at radius 2 is 2.15 bits per heavy atom. The van der Waals surface area contributed by atoms with Crippen LogP contribution in [0.2, 0.25) is 0 Å². The van der Waals surface area contributed by atoms with Crippen LogP contribution in [0.1, 0.15) is 36.8 Å². The minimum atomic E-state index is -0.299. The number of amides is 1. The zero-order valence-electron chi connectivity index (χ0n) is 15.2. The smallest absolute Gasteiger partial charge is 0.226 e. The molecule has 4 rings (SSSR count). The van der Waals surface area contributed by atoms with E-state index >= 15 is 0 Å². The number of carbonyl (C=O) groups excluding carboxylic acids is 1. The molecule has 1 aliphatic rings. The molecule has 0 aliphatic carbocycles. The Kier molecular flexibility index (Phi) is 4.87. The van der Waals surface area contributed by atoms with Crippen molar-refractivity contribution in [1.29, 1.82) is 0 Å². The van der Waals surface area contributed by atoms with Crippen LogP contribution in [0.4, 0.5) is 4.39 Å². The Balaban J connectivity index is 1.26. The van der Waals surface area contributed by atoms with E-state index in [-0.39, 0.29) is 11.7 Å². The first kappa shape index (κ1) is 17.6. The van der Waals surface area contributed by atoms with Crippen molar-refractivity contribution in [2.75, 3.05) is 13.1 Å². The number of halogens is 1. The highest BCUT2D eigenvalue weighted by Crippen LogP contribution is 2.22. The number of aryl methyl sites for hydroxylation is 2. The maximum Gasteiger partial charge on any atom is 0.226 e. The Bertz CT molecular complexity index is 943. The fourth-order valence-corrected chi connectivity index (χ4v) is 3.59. The number of carbonyl (C=O) groups is 1. The summed E-state index contributed by atoms with van der Waals surface area (Å²) < 4.78 is 18.4. The molecule has 1 aliphatic heterocycles. The van der Waals surface area contributed by atoms with Crippen molar-refractivity contribution >= 4 is 16.9 Å². The zero-order valence-corrected chi connectivity index (χ0v) is 15.2. The molecular weight excluding hydrogens is 349 g/mol. The van der Waals surface area contributed by atoms with Gasteiger partial charge in [0.2, 0.25) is 11.8 Å². The molecule has 3 heterocycles. The van der Waals surface area contributed by atoms with Gasteiger partial charge in [-0.25, -0.2) is 9.37 Å². The van der Waals surface area contributed by atoms with Crippen LogP contribution in [0.15, 0.2) is 22.7 Å². The maximum atomic E-state index is 13.3. The van der Waals surface area contributed by atoms with E-state index in [4.69, 9.17) is 4.52 Å². The number of nitrogens with one attached hydrogen (secondary N) is 1. The van der Waals surface area contributed by atoms with Crippen LogP contribution in [0, 0.1) is 18.7 Å². The highest BCUT2D eigenvalue weighted by molar-refractivity contribution is 5.77. The van der Waals surface area contributed by atoms with E-state index in [1.165, 1.54) is 12.1 Å². The summed E-state index contributed by atoms with van der Waals surface area (Å²) in [5.74, 6) is 2.36. The highest BCUT2D eigenvalue weighted by atomic mass is 19.1. The first-order valence-corrected chi connectivity index (χ1v) is 9.28. The summed E-state index contributed by atoms with van der Waals surface area (Å²) in [5.41, 5.74) is 1.38. The van der Waals surface area contributed by atoms with Gasteiger partial charge in [-0.05, 0) is 43.9 Å². The lowest BCUT2D eigenvalue weighted by atomic mass is 9.93. The number of hydrogen-bond donors (Lipinski definition) is 1. The van der Waals surface area contributed by atoms with Crippen molar-refractivity contribution in [3.63, 3.8) is 0 Å². The van der Waals surface area contributed by atoms with Gasteiger partial charge >= 0.3 is 0 Å². The number of rotatable bonds is 5. The van der Waals surface area contributed by atoms with Crippen molar-refractivity contribution in [3.05, 3.63) is 41.6 Å². The second-order valence-electron chi connectivity index (χ2n) is 7.11. The topological polar surface area (TPSA) is 87.9 Å². The standard InChI is InChI=1S/C19H22FN5O2/c1-12-21-18(27-24-12)10-13-6-8-25(9-7-13)19(26)5-4-17-22-15-3-2-14(20)11-16(15)23-17/h2-3,11,13H,4-10H2,1H3,(H,22,23). The van der Waals surface area contributed by atoms with Crippen LogP contribution in [-0.4, -0.2) is 44.0 Å². The van der Waals surface area contributed by atoms with Gasteiger partial charge in [-0.1, -0.05) is 5.16 Å². The van der Waals surface area contributed by atoms with Crippen molar-refractivity contribution in [2.24, 2.45) is 5.92 Å². The van der Waals surface area contributed by atoms with Gasteiger partial charge in [-0.3, -0.25) is 4.79 Å². The van der Waals surface area contributed by atoms with Gasteiger partial charge in [0.05, 0.1) is 11.0 Å². The van der Waals surface area contributed by atoms with Crippen LogP contribution >= 0.6 is 0 Å². The molecule has 0 unspecified atom stereocenters. The molecule has 1 fully saturated rings. The number of fused-ring (bicyclic) bond motifs is 1. The van der Waals surface area contributed by atoms with E-state index < -0.39 is 0 Å². The Morgan fingerprint density at radius 1 is 1.33 bits per heavy atom. The van der Waals surface area contributed by atoms with E-state index in [1.807, 2.05) is 11.8 Å². The van der Waals surface area contributed by atoms with Gasteiger partial charge in [-0.2, -0.15) is 4.98 Å². The van der Waals surface area contributed by atoms with Gasteiger partial charge in [0, 0.05) is 32.4 Å². The van der Waals surface area contributed by atoms with Gasteiger partial charge in [0.1, 0.15) is 11.6 Å². The molecule has 8 heteroatoms. The third kappa shape index (κ3) is 4.15. The van der Waals surface area contributed by atoms with E-state index in [2.05, 4.69) is 20.1 Å². The molecule has 2 aromatic heterocycles. The Hall–Kier alpha value is -2.77. The molecule has 27 heavy (non-hydrogen) atoms. The second kappa shape index (κ2) is 7.46. The molecule has 1 saturated heterocycles. The highest BCUT2D eigenvalue weighted by Gasteiger charge is 2.24. The minimum absolute atomic E-state index is 0.133. The molecule has 1 amide bonds. The summed E-state index contributed by atoms with van der Waals surface area (Å²) in [7, 11) is 0. The molecule has 7 nitrogen and oxygen atoms in total. The normalized spacial score (nSPS) is 15.6. The lowest BCUT2D eigenvalue weighted by molar-refractivity contribution is -0.132.